The van der Waals surface area contributed by atoms with Crippen LogP contribution in [0, 0.1) is 10.1 Å². The molecule has 2 aliphatic heterocycles. The van der Waals surface area contributed by atoms with Gasteiger partial charge in [0.15, 0.2) is 0 Å². The summed E-state index contributed by atoms with van der Waals surface area (Å²) in [5.41, 5.74) is 1.44. The number of ether oxygens (including phenoxy) is 1. The van der Waals surface area contributed by atoms with Crippen molar-refractivity contribution in [1.82, 2.24) is 5.01 Å². The van der Waals surface area contributed by atoms with E-state index < -0.39 is 16.7 Å². The molecule has 0 aliphatic carbocycles. The molecule has 0 bridgehead atoms. The van der Waals surface area contributed by atoms with Crippen LogP contribution < -0.4 is 4.90 Å². The number of imide groups is 1. The van der Waals surface area contributed by atoms with Gasteiger partial charge in [0.2, 0.25) is 0 Å². The number of hydrogen-bond donors (Lipinski definition) is 0. The maximum absolute atomic E-state index is 12.3. The lowest BCUT2D eigenvalue weighted by Gasteiger charge is -2.28. The van der Waals surface area contributed by atoms with Crippen LogP contribution in [0.1, 0.15) is 26.3 Å². The van der Waals surface area contributed by atoms with Gasteiger partial charge in [-0.15, -0.1) is 0 Å². The molecule has 0 atom stereocenters. The molecule has 1 saturated heterocycles. The first-order valence-electron chi connectivity index (χ1n) is 8.69. The minimum atomic E-state index is -0.517. The summed E-state index contributed by atoms with van der Waals surface area (Å²) < 4.78 is 5.29. The van der Waals surface area contributed by atoms with Gasteiger partial charge >= 0.3 is 0 Å². The number of nitro benzene ring substituents is 1. The van der Waals surface area contributed by atoms with Gasteiger partial charge in [0.1, 0.15) is 5.69 Å². The number of fused-ring (bicyclic) bond motifs is 1. The van der Waals surface area contributed by atoms with E-state index in [1.807, 2.05) is 4.90 Å². The molecule has 0 N–H and O–H groups in total. The number of amides is 2. The zero-order valence-corrected chi connectivity index (χ0v) is 14.8. The molecule has 0 spiro atoms. The normalized spacial score (nSPS) is 16.7. The Hall–Kier alpha value is -3.59. The molecule has 2 aromatic rings. The predicted molar refractivity (Wildman–Crippen MR) is 101 cm³/mol. The largest absolute Gasteiger partial charge is 0.378 e. The second kappa shape index (κ2) is 7.20. The molecule has 2 heterocycles. The topological polar surface area (TPSA) is 105 Å². The Kier molecular flexibility index (Phi) is 4.58. The summed E-state index contributed by atoms with van der Waals surface area (Å²) in [6, 6.07) is 11.2. The van der Waals surface area contributed by atoms with Crippen molar-refractivity contribution < 1.29 is 19.2 Å². The molecule has 2 amide bonds. The van der Waals surface area contributed by atoms with E-state index in [0.29, 0.717) is 48.7 Å². The average Bonchev–Trinajstić information content (AvgIpc) is 2.97. The molecule has 0 radical (unpaired) electrons. The van der Waals surface area contributed by atoms with Gasteiger partial charge in [-0.25, -0.2) is 0 Å². The molecule has 142 valence electrons. The number of hydrazone groups is 1. The SMILES string of the molecule is O=C1c2ccccc2C(=O)N1/N=C\c1ccc(N2CCOCC2)c([N+](=O)[O-])c1. The highest BCUT2D eigenvalue weighted by Crippen LogP contribution is 2.30. The standard InChI is InChI=1S/C19H16N4O5/c24-18-14-3-1-2-4-15(14)19(25)22(18)20-12-13-5-6-16(17(11-13)23(26)27)21-7-9-28-10-8-21/h1-6,11-12H,7-10H2/b20-12-. The minimum Gasteiger partial charge on any atom is -0.378 e. The number of carbonyl (C=O) groups is 2. The zero-order valence-electron chi connectivity index (χ0n) is 14.8. The van der Waals surface area contributed by atoms with E-state index in [-0.39, 0.29) is 5.69 Å². The zero-order chi connectivity index (χ0) is 19.7. The van der Waals surface area contributed by atoms with Crippen molar-refractivity contribution in [3.8, 4) is 0 Å². The minimum absolute atomic E-state index is 0.0618. The Morgan fingerprint density at radius 2 is 1.68 bits per heavy atom. The first-order valence-corrected chi connectivity index (χ1v) is 8.69. The number of nitrogens with zero attached hydrogens (tertiary/aromatic N) is 4. The van der Waals surface area contributed by atoms with Crippen LogP contribution in [-0.4, -0.2) is 54.3 Å². The van der Waals surface area contributed by atoms with Crippen LogP contribution in [0.25, 0.3) is 0 Å². The van der Waals surface area contributed by atoms with Crippen molar-refractivity contribution in [2.45, 2.75) is 0 Å². The van der Waals surface area contributed by atoms with E-state index in [1.54, 1.807) is 36.4 Å². The third-order valence-corrected chi connectivity index (χ3v) is 4.64. The van der Waals surface area contributed by atoms with E-state index in [2.05, 4.69) is 5.10 Å². The van der Waals surface area contributed by atoms with Gasteiger partial charge in [-0.2, -0.15) is 10.1 Å². The molecule has 28 heavy (non-hydrogen) atoms. The molecule has 2 aliphatic rings. The van der Waals surface area contributed by atoms with E-state index >= 15 is 0 Å². The summed E-state index contributed by atoms with van der Waals surface area (Å²) in [6.45, 7) is 2.17. The van der Waals surface area contributed by atoms with Crippen molar-refractivity contribution >= 4 is 29.4 Å². The van der Waals surface area contributed by atoms with Gasteiger partial charge in [-0.3, -0.25) is 19.7 Å². The lowest BCUT2D eigenvalue weighted by molar-refractivity contribution is -0.384. The van der Waals surface area contributed by atoms with Gasteiger partial charge in [0, 0.05) is 24.7 Å². The van der Waals surface area contributed by atoms with Gasteiger partial charge in [0.05, 0.1) is 35.5 Å². The summed E-state index contributed by atoms with van der Waals surface area (Å²) in [5.74, 6) is -1.03. The number of carbonyl (C=O) groups excluding carboxylic acids is 2. The summed E-state index contributed by atoms with van der Waals surface area (Å²) in [4.78, 5) is 37.6. The predicted octanol–water partition coefficient (Wildman–Crippen LogP) is 2.06. The van der Waals surface area contributed by atoms with E-state index in [0.717, 1.165) is 5.01 Å². The van der Waals surface area contributed by atoms with Crippen molar-refractivity contribution in [2.75, 3.05) is 31.2 Å². The van der Waals surface area contributed by atoms with E-state index in [4.69, 9.17) is 4.74 Å². The number of benzene rings is 2. The first kappa shape index (κ1) is 17.8. The number of rotatable bonds is 4. The third-order valence-electron chi connectivity index (χ3n) is 4.64. The molecular weight excluding hydrogens is 364 g/mol. The van der Waals surface area contributed by atoms with Gasteiger partial charge in [-0.05, 0) is 18.2 Å². The quantitative estimate of drug-likeness (QED) is 0.348. The molecule has 0 aromatic heterocycles. The molecule has 0 unspecified atom stereocenters. The average molecular weight is 380 g/mol. The number of hydrogen-bond acceptors (Lipinski definition) is 7. The van der Waals surface area contributed by atoms with E-state index in [9.17, 15) is 19.7 Å². The second-order valence-electron chi connectivity index (χ2n) is 6.32. The van der Waals surface area contributed by atoms with Crippen molar-refractivity contribution in [3.05, 3.63) is 69.3 Å². The van der Waals surface area contributed by atoms with Crippen LogP contribution >= 0.6 is 0 Å². The highest BCUT2D eigenvalue weighted by Gasteiger charge is 2.35. The Bertz CT molecular complexity index is 963. The second-order valence-corrected chi connectivity index (χ2v) is 6.32. The number of anilines is 1. The highest BCUT2D eigenvalue weighted by atomic mass is 16.6. The molecule has 9 heteroatoms. The van der Waals surface area contributed by atoms with Crippen LogP contribution in [0.4, 0.5) is 11.4 Å². The number of nitro groups is 1. The Morgan fingerprint density at radius 1 is 1.04 bits per heavy atom. The third kappa shape index (κ3) is 3.12. The fourth-order valence-electron chi connectivity index (χ4n) is 3.24. The lowest BCUT2D eigenvalue weighted by Crippen LogP contribution is -2.36. The monoisotopic (exact) mass is 380 g/mol. The van der Waals surface area contributed by atoms with Crippen LogP contribution in [0.2, 0.25) is 0 Å². The molecule has 1 fully saturated rings. The lowest BCUT2D eigenvalue weighted by atomic mass is 10.1. The van der Waals surface area contributed by atoms with Crippen molar-refractivity contribution in [1.29, 1.82) is 0 Å². The fourth-order valence-corrected chi connectivity index (χ4v) is 3.24. The van der Waals surface area contributed by atoms with Crippen LogP contribution in [0.15, 0.2) is 47.6 Å². The summed E-state index contributed by atoms with van der Waals surface area (Å²) >= 11 is 0. The molecule has 4 rings (SSSR count). The van der Waals surface area contributed by atoms with Crippen LogP contribution in [0.3, 0.4) is 0 Å². The maximum atomic E-state index is 12.3. The molecule has 9 nitrogen and oxygen atoms in total. The Labute approximate surface area is 160 Å². The van der Waals surface area contributed by atoms with Gasteiger partial charge in [0.25, 0.3) is 17.5 Å². The summed E-state index contributed by atoms with van der Waals surface area (Å²) in [7, 11) is 0. The van der Waals surface area contributed by atoms with Gasteiger partial charge in [-0.1, -0.05) is 18.2 Å². The van der Waals surface area contributed by atoms with Crippen molar-refractivity contribution in [2.24, 2.45) is 5.10 Å². The smallest absolute Gasteiger partial charge is 0.293 e. The van der Waals surface area contributed by atoms with Crippen LogP contribution in [0.5, 0.6) is 0 Å². The fraction of sp³-hybridized carbons (Fsp3) is 0.211. The van der Waals surface area contributed by atoms with Crippen molar-refractivity contribution in [3.63, 3.8) is 0 Å². The molecule has 0 saturated carbocycles. The van der Waals surface area contributed by atoms with Crippen LogP contribution in [-0.2, 0) is 4.74 Å². The molecule has 2 aromatic carbocycles. The number of morpholine rings is 1. The van der Waals surface area contributed by atoms with Gasteiger partial charge < -0.3 is 9.64 Å². The first-order chi connectivity index (χ1) is 13.6. The molecular formula is C19H16N4O5. The van der Waals surface area contributed by atoms with E-state index in [1.165, 1.54) is 12.3 Å². The Balaban J connectivity index is 1.60. The summed E-state index contributed by atoms with van der Waals surface area (Å²) in [5, 5.41) is 16.3. The Morgan fingerprint density at radius 3 is 2.29 bits per heavy atom. The summed E-state index contributed by atoms with van der Waals surface area (Å²) in [6.07, 6.45) is 1.28. The maximum Gasteiger partial charge on any atom is 0.293 e. The highest BCUT2D eigenvalue weighted by molar-refractivity contribution is 6.21.